The number of fused-ring (bicyclic) bond motifs is 2. The maximum absolute atomic E-state index is 13.2. The van der Waals surface area contributed by atoms with Gasteiger partial charge in [0.15, 0.2) is 0 Å². The number of halogens is 3. The van der Waals surface area contributed by atoms with E-state index in [0.29, 0.717) is 19.6 Å². The molecule has 7 rings (SSSR count). The number of nitrogens with two attached hydrogens (primary N) is 1. The van der Waals surface area contributed by atoms with E-state index >= 15 is 0 Å². The first-order valence-corrected chi connectivity index (χ1v) is 18.3. The van der Waals surface area contributed by atoms with Crippen molar-refractivity contribution in [3.63, 3.8) is 0 Å². The summed E-state index contributed by atoms with van der Waals surface area (Å²) in [5.74, 6) is -2.32. The number of ether oxygens (including phenoxy) is 2. The number of aromatic nitrogens is 1. The van der Waals surface area contributed by atoms with Crippen LogP contribution in [0.4, 0.5) is 13.2 Å². The first-order valence-electron chi connectivity index (χ1n) is 18.3. The van der Waals surface area contributed by atoms with Crippen LogP contribution in [0.2, 0.25) is 0 Å². The lowest BCUT2D eigenvalue weighted by Crippen LogP contribution is -2.54. The molecule has 0 aliphatic carbocycles. The fourth-order valence-electron chi connectivity index (χ4n) is 7.65. The molecule has 0 spiro atoms. The van der Waals surface area contributed by atoms with Gasteiger partial charge in [0.05, 0.1) is 17.2 Å². The van der Waals surface area contributed by atoms with E-state index in [2.05, 4.69) is 37.7 Å². The molecule has 4 aromatic rings. The molecule has 2 fully saturated rings. The second kappa shape index (κ2) is 15.7. The lowest BCUT2D eigenvalue weighted by Gasteiger charge is -2.32. The number of aryl methyl sites for hydroxylation is 2. The van der Waals surface area contributed by atoms with Crippen molar-refractivity contribution in [2.45, 2.75) is 76.5 Å². The number of nitrogens with one attached hydrogen (secondary N) is 1. The molecule has 3 aliphatic rings. The van der Waals surface area contributed by atoms with Crippen LogP contribution >= 0.6 is 0 Å². The summed E-state index contributed by atoms with van der Waals surface area (Å²) in [4.78, 5) is 53.4. The van der Waals surface area contributed by atoms with Crippen molar-refractivity contribution in [1.82, 2.24) is 19.7 Å². The molecule has 1 aromatic heterocycles. The standard InChI is InChI=1S/C40H42F3N5O6/c41-40(42,43)54-29-8-6-27(7-9-29)33-24-47(17-2-16-44)34-11-5-26(22-31(33)34)23-46-18-14-28(15-19-46)53-20-1-3-25-4-10-30-32(21-25)39(52)48(38(30)51)35-12-13-36(49)45-37(35)50/h4-11,21-22,24,28,35H,1-3,12-20,23,44H2,(H,45,49,50). The largest absolute Gasteiger partial charge is 0.573 e. The number of carbonyl (C=O) groups excluding carboxylic acids is 4. The van der Waals surface area contributed by atoms with Gasteiger partial charge in [0.1, 0.15) is 11.8 Å². The molecule has 3 N–H and O–H groups in total. The zero-order valence-corrected chi connectivity index (χ0v) is 29.7. The minimum absolute atomic E-state index is 0.0759. The van der Waals surface area contributed by atoms with Crippen LogP contribution in [0.3, 0.4) is 0 Å². The van der Waals surface area contributed by atoms with Crippen molar-refractivity contribution in [3.05, 3.63) is 89.1 Å². The van der Waals surface area contributed by atoms with Crippen LogP contribution in [0.25, 0.3) is 22.0 Å². The van der Waals surface area contributed by atoms with Gasteiger partial charge in [0, 0.05) is 61.9 Å². The SMILES string of the molecule is NCCCn1cc(-c2ccc(OC(F)(F)F)cc2)c2cc(CN3CCC(OCCCc4ccc5c(c4)C(=O)N(C4CCC(=O)NC4=O)C5=O)CC3)ccc21. The van der Waals surface area contributed by atoms with E-state index in [1.165, 1.54) is 12.1 Å². The van der Waals surface area contributed by atoms with Crippen LogP contribution in [-0.2, 0) is 33.8 Å². The van der Waals surface area contributed by atoms with E-state index in [0.717, 1.165) is 89.9 Å². The quantitative estimate of drug-likeness (QED) is 0.134. The highest BCUT2D eigenvalue weighted by Gasteiger charge is 2.44. The molecule has 0 radical (unpaired) electrons. The monoisotopic (exact) mass is 745 g/mol. The van der Waals surface area contributed by atoms with Crippen LogP contribution in [0.5, 0.6) is 5.75 Å². The maximum Gasteiger partial charge on any atom is 0.573 e. The third kappa shape index (κ3) is 8.20. The van der Waals surface area contributed by atoms with Gasteiger partial charge in [-0.25, -0.2) is 0 Å². The van der Waals surface area contributed by atoms with Crippen molar-refractivity contribution < 1.29 is 41.8 Å². The number of alkyl halides is 3. The van der Waals surface area contributed by atoms with E-state index in [4.69, 9.17) is 10.5 Å². The Balaban J connectivity index is 0.908. The predicted molar refractivity (Wildman–Crippen MR) is 193 cm³/mol. The summed E-state index contributed by atoms with van der Waals surface area (Å²) < 4.78 is 50.6. The number of likely N-dealkylation sites (tertiary alicyclic amines) is 1. The summed E-state index contributed by atoms with van der Waals surface area (Å²) in [5.41, 5.74) is 11.2. The maximum atomic E-state index is 13.2. The minimum atomic E-state index is -4.75. The molecule has 14 heteroatoms. The molecular weight excluding hydrogens is 703 g/mol. The fraction of sp³-hybridized carbons (Fsp3) is 0.400. The molecule has 3 aromatic carbocycles. The molecule has 4 heterocycles. The van der Waals surface area contributed by atoms with Crippen molar-refractivity contribution in [1.29, 1.82) is 0 Å². The highest BCUT2D eigenvalue weighted by molar-refractivity contribution is 6.23. The van der Waals surface area contributed by atoms with Gasteiger partial charge in [0.2, 0.25) is 11.8 Å². The van der Waals surface area contributed by atoms with Crippen molar-refractivity contribution in [2.24, 2.45) is 5.73 Å². The average Bonchev–Trinajstić information content (AvgIpc) is 3.62. The second-order valence-electron chi connectivity index (χ2n) is 14.1. The highest BCUT2D eigenvalue weighted by Crippen LogP contribution is 2.34. The number of imide groups is 2. The zero-order chi connectivity index (χ0) is 38.0. The number of piperidine rings is 2. The molecule has 0 bridgehead atoms. The molecule has 2 saturated heterocycles. The molecule has 1 atom stereocenters. The first kappa shape index (κ1) is 37.3. The molecule has 3 aliphatic heterocycles. The summed E-state index contributed by atoms with van der Waals surface area (Å²) in [6.45, 7) is 4.34. The Morgan fingerprint density at radius 1 is 0.833 bits per heavy atom. The van der Waals surface area contributed by atoms with Gasteiger partial charge in [-0.3, -0.25) is 34.3 Å². The summed E-state index contributed by atoms with van der Waals surface area (Å²) in [5, 5.41) is 3.24. The summed E-state index contributed by atoms with van der Waals surface area (Å²) >= 11 is 0. The van der Waals surface area contributed by atoms with E-state index in [1.807, 2.05) is 12.3 Å². The number of nitrogens with zero attached hydrogens (tertiary/aromatic N) is 3. The van der Waals surface area contributed by atoms with Gasteiger partial charge in [-0.05, 0) is 98.2 Å². The number of hydrogen-bond acceptors (Lipinski definition) is 8. The van der Waals surface area contributed by atoms with Gasteiger partial charge in [-0.2, -0.15) is 0 Å². The summed E-state index contributed by atoms with van der Waals surface area (Å²) in [6.07, 6.45) is 1.60. The topological polar surface area (TPSA) is 136 Å². The van der Waals surface area contributed by atoms with Gasteiger partial charge in [-0.15, -0.1) is 13.2 Å². The lowest BCUT2D eigenvalue weighted by molar-refractivity contribution is -0.274. The van der Waals surface area contributed by atoms with Crippen LogP contribution in [0.1, 0.15) is 70.4 Å². The Labute approximate surface area is 310 Å². The summed E-state index contributed by atoms with van der Waals surface area (Å²) in [7, 11) is 0. The second-order valence-corrected chi connectivity index (χ2v) is 14.1. The molecule has 1 unspecified atom stereocenters. The number of benzene rings is 3. The minimum Gasteiger partial charge on any atom is -0.406 e. The number of rotatable bonds is 13. The molecule has 11 nitrogen and oxygen atoms in total. The Bertz CT molecular complexity index is 2060. The highest BCUT2D eigenvalue weighted by atomic mass is 19.4. The fourth-order valence-corrected chi connectivity index (χ4v) is 7.65. The van der Waals surface area contributed by atoms with E-state index in [9.17, 15) is 32.3 Å². The Morgan fingerprint density at radius 2 is 1.57 bits per heavy atom. The molecule has 0 saturated carbocycles. The lowest BCUT2D eigenvalue weighted by atomic mass is 10.0. The first-order chi connectivity index (χ1) is 26.0. The third-order valence-corrected chi connectivity index (χ3v) is 10.4. The van der Waals surface area contributed by atoms with Gasteiger partial charge < -0.3 is 19.8 Å². The van der Waals surface area contributed by atoms with Crippen LogP contribution in [0.15, 0.2) is 66.9 Å². The number of amides is 4. The Morgan fingerprint density at radius 3 is 2.30 bits per heavy atom. The van der Waals surface area contributed by atoms with E-state index in [-0.39, 0.29) is 35.8 Å². The van der Waals surface area contributed by atoms with Crippen molar-refractivity contribution in [3.8, 4) is 16.9 Å². The molecule has 4 amide bonds. The molecule has 54 heavy (non-hydrogen) atoms. The van der Waals surface area contributed by atoms with Gasteiger partial charge in [0.25, 0.3) is 11.8 Å². The Kier molecular flexibility index (Phi) is 10.9. The van der Waals surface area contributed by atoms with Gasteiger partial charge in [-0.1, -0.05) is 24.3 Å². The van der Waals surface area contributed by atoms with Crippen LogP contribution in [-0.4, -0.2) is 82.7 Å². The van der Waals surface area contributed by atoms with Crippen molar-refractivity contribution in [2.75, 3.05) is 26.2 Å². The zero-order valence-electron chi connectivity index (χ0n) is 29.7. The normalized spacial score (nSPS) is 18.4. The average molecular weight is 746 g/mol. The van der Waals surface area contributed by atoms with Crippen LogP contribution < -0.4 is 15.8 Å². The predicted octanol–water partition coefficient (Wildman–Crippen LogP) is 5.57. The van der Waals surface area contributed by atoms with Crippen molar-refractivity contribution >= 4 is 34.5 Å². The van der Waals surface area contributed by atoms with Gasteiger partial charge >= 0.3 is 6.36 Å². The Hall–Kier alpha value is -5.05. The van der Waals surface area contributed by atoms with Crippen LogP contribution in [0, 0.1) is 0 Å². The number of carbonyl (C=O) groups is 4. The van der Waals surface area contributed by atoms with E-state index < -0.39 is 36.0 Å². The van der Waals surface area contributed by atoms with E-state index in [1.54, 1.807) is 24.3 Å². The molecular formula is C40H42F3N5O6. The molecule has 284 valence electrons. The number of hydrogen-bond donors (Lipinski definition) is 2. The summed E-state index contributed by atoms with van der Waals surface area (Å²) in [6, 6.07) is 16.6. The third-order valence-electron chi connectivity index (χ3n) is 10.4. The smallest absolute Gasteiger partial charge is 0.406 e.